The Kier molecular flexibility index (Phi) is 6.09. The Morgan fingerprint density at radius 3 is 2.25 bits per heavy atom. The van der Waals surface area contributed by atoms with E-state index in [0.29, 0.717) is 12.1 Å². The number of allylic oxidation sites excluding steroid dienone is 1. The molecule has 1 heteroatoms. The molecule has 0 rings (SSSR count). The second-order valence-corrected chi connectivity index (χ2v) is 3.95. The first-order valence-corrected chi connectivity index (χ1v) is 4.94. The second-order valence-electron chi connectivity index (χ2n) is 3.95. The van der Waals surface area contributed by atoms with E-state index in [1.54, 1.807) is 0 Å². The molecule has 2 atom stereocenters. The van der Waals surface area contributed by atoms with Crippen LogP contribution in [0.1, 0.15) is 40.5 Å². The Balaban J connectivity index is 3.60. The van der Waals surface area contributed by atoms with Crippen LogP contribution in [0.15, 0.2) is 12.7 Å². The number of hydrogen-bond acceptors (Lipinski definition) is 1. The van der Waals surface area contributed by atoms with E-state index in [1.807, 2.05) is 6.08 Å². The van der Waals surface area contributed by atoms with Crippen LogP contribution in [-0.4, -0.2) is 12.1 Å². The van der Waals surface area contributed by atoms with Crippen LogP contribution >= 0.6 is 0 Å². The van der Waals surface area contributed by atoms with Crippen LogP contribution < -0.4 is 5.32 Å². The zero-order valence-electron chi connectivity index (χ0n) is 8.93. The van der Waals surface area contributed by atoms with Crippen molar-refractivity contribution in [1.29, 1.82) is 0 Å². The fraction of sp³-hybridized carbons (Fsp3) is 0.818. The lowest BCUT2D eigenvalue weighted by Crippen LogP contribution is -2.36. The van der Waals surface area contributed by atoms with Crippen molar-refractivity contribution in [2.45, 2.75) is 52.6 Å². The third-order valence-electron chi connectivity index (χ3n) is 2.28. The molecule has 0 aromatic carbocycles. The van der Waals surface area contributed by atoms with Gasteiger partial charge in [-0.15, -0.1) is 6.58 Å². The summed E-state index contributed by atoms with van der Waals surface area (Å²) in [6, 6.07) is 1.20. The lowest BCUT2D eigenvalue weighted by atomic mass is 9.97. The van der Waals surface area contributed by atoms with Crippen molar-refractivity contribution in [3.8, 4) is 0 Å². The van der Waals surface area contributed by atoms with Crippen molar-refractivity contribution >= 4 is 0 Å². The van der Waals surface area contributed by atoms with E-state index < -0.39 is 0 Å². The fourth-order valence-electron chi connectivity index (χ4n) is 1.32. The molecule has 0 aliphatic heterocycles. The van der Waals surface area contributed by atoms with Crippen molar-refractivity contribution < 1.29 is 0 Å². The van der Waals surface area contributed by atoms with E-state index in [-0.39, 0.29) is 0 Å². The molecule has 0 amide bonds. The molecule has 2 unspecified atom stereocenters. The summed E-state index contributed by atoms with van der Waals surface area (Å²) in [4.78, 5) is 0. The van der Waals surface area contributed by atoms with Gasteiger partial charge < -0.3 is 5.32 Å². The van der Waals surface area contributed by atoms with Gasteiger partial charge in [-0.25, -0.2) is 0 Å². The topological polar surface area (TPSA) is 12.0 Å². The maximum absolute atomic E-state index is 3.73. The fourth-order valence-corrected chi connectivity index (χ4v) is 1.32. The van der Waals surface area contributed by atoms with Gasteiger partial charge in [0, 0.05) is 12.1 Å². The average Bonchev–Trinajstić information content (AvgIpc) is 1.98. The summed E-state index contributed by atoms with van der Waals surface area (Å²) in [6.07, 6.45) is 4.37. The maximum Gasteiger partial charge on any atom is 0.00668 e. The molecule has 1 nitrogen and oxygen atoms in total. The van der Waals surface area contributed by atoms with Gasteiger partial charge in [-0.3, -0.25) is 0 Å². The predicted octanol–water partition coefficient (Wildman–Crippen LogP) is 2.98. The molecule has 0 aliphatic rings. The first-order chi connectivity index (χ1) is 5.57. The third-order valence-corrected chi connectivity index (χ3v) is 2.28. The van der Waals surface area contributed by atoms with Crippen LogP contribution in [0.4, 0.5) is 0 Å². The molecular weight excluding hydrogens is 146 g/mol. The zero-order chi connectivity index (χ0) is 9.56. The molecule has 0 radical (unpaired) electrons. The normalized spacial score (nSPS) is 16.1. The van der Waals surface area contributed by atoms with E-state index in [1.165, 1.54) is 6.42 Å². The van der Waals surface area contributed by atoms with Crippen LogP contribution in [0.2, 0.25) is 0 Å². The molecule has 0 aromatic heterocycles. The van der Waals surface area contributed by atoms with Crippen LogP contribution in [0, 0.1) is 5.92 Å². The summed E-state index contributed by atoms with van der Waals surface area (Å²) in [5.41, 5.74) is 0. The molecule has 0 heterocycles. The van der Waals surface area contributed by atoms with E-state index in [0.717, 1.165) is 12.3 Å². The smallest absolute Gasteiger partial charge is 0.00668 e. The predicted molar refractivity (Wildman–Crippen MR) is 56.3 cm³/mol. The van der Waals surface area contributed by atoms with Crippen LogP contribution in [-0.2, 0) is 0 Å². The van der Waals surface area contributed by atoms with Crippen LogP contribution in [0.3, 0.4) is 0 Å². The molecule has 0 saturated heterocycles. The lowest BCUT2D eigenvalue weighted by molar-refractivity contribution is 0.358. The number of nitrogens with one attached hydrogen (secondary N) is 1. The molecule has 0 bridgehead atoms. The van der Waals surface area contributed by atoms with E-state index in [9.17, 15) is 0 Å². The second kappa shape index (κ2) is 6.24. The molecule has 72 valence electrons. The Morgan fingerprint density at radius 1 is 1.25 bits per heavy atom. The van der Waals surface area contributed by atoms with Crippen molar-refractivity contribution in [2.24, 2.45) is 5.92 Å². The van der Waals surface area contributed by atoms with Crippen molar-refractivity contribution in [3.63, 3.8) is 0 Å². The Hall–Kier alpha value is -0.300. The van der Waals surface area contributed by atoms with Gasteiger partial charge >= 0.3 is 0 Å². The number of hydrogen-bond donors (Lipinski definition) is 1. The number of rotatable bonds is 6. The van der Waals surface area contributed by atoms with Gasteiger partial charge in [0.15, 0.2) is 0 Å². The largest absolute Gasteiger partial charge is 0.312 e. The molecular formula is C11H23N. The minimum atomic E-state index is 0.589. The molecule has 0 fully saturated rings. The molecule has 0 aromatic rings. The quantitative estimate of drug-likeness (QED) is 0.603. The van der Waals surface area contributed by atoms with Crippen LogP contribution in [0.25, 0.3) is 0 Å². The molecule has 0 aliphatic carbocycles. The van der Waals surface area contributed by atoms with E-state index >= 15 is 0 Å². The van der Waals surface area contributed by atoms with E-state index in [4.69, 9.17) is 0 Å². The molecule has 0 spiro atoms. The lowest BCUT2D eigenvalue weighted by Gasteiger charge is -2.23. The first kappa shape index (κ1) is 11.7. The first-order valence-electron chi connectivity index (χ1n) is 4.94. The highest BCUT2D eigenvalue weighted by molar-refractivity contribution is 4.74. The summed E-state index contributed by atoms with van der Waals surface area (Å²) in [6.45, 7) is 12.7. The van der Waals surface area contributed by atoms with Crippen LogP contribution in [0.5, 0.6) is 0 Å². The van der Waals surface area contributed by atoms with Gasteiger partial charge in [-0.05, 0) is 25.7 Å². The summed E-state index contributed by atoms with van der Waals surface area (Å²) >= 11 is 0. The highest BCUT2D eigenvalue weighted by Crippen LogP contribution is 2.11. The van der Waals surface area contributed by atoms with Crippen molar-refractivity contribution in [3.05, 3.63) is 12.7 Å². The monoisotopic (exact) mass is 169 g/mol. The van der Waals surface area contributed by atoms with Gasteiger partial charge in [-0.2, -0.15) is 0 Å². The maximum atomic E-state index is 3.73. The SMILES string of the molecule is C=CCCC(C)C(C)NC(C)C. The third kappa shape index (κ3) is 5.36. The van der Waals surface area contributed by atoms with Gasteiger partial charge in [0.1, 0.15) is 0 Å². The average molecular weight is 169 g/mol. The highest BCUT2D eigenvalue weighted by atomic mass is 14.9. The highest BCUT2D eigenvalue weighted by Gasteiger charge is 2.11. The minimum absolute atomic E-state index is 0.589. The Bertz CT molecular complexity index is 118. The van der Waals surface area contributed by atoms with Crippen molar-refractivity contribution in [2.75, 3.05) is 0 Å². The van der Waals surface area contributed by atoms with Gasteiger partial charge in [0.25, 0.3) is 0 Å². The summed E-state index contributed by atoms with van der Waals surface area (Å²) in [5.74, 6) is 0.741. The van der Waals surface area contributed by atoms with Gasteiger partial charge in [0.2, 0.25) is 0 Å². The molecule has 1 N–H and O–H groups in total. The van der Waals surface area contributed by atoms with Gasteiger partial charge in [0.05, 0.1) is 0 Å². The molecule has 0 saturated carbocycles. The van der Waals surface area contributed by atoms with Crippen molar-refractivity contribution in [1.82, 2.24) is 5.32 Å². The summed E-state index contributed by atoms with van der Waals surface area (Å²) in [7, 11) is 0. The summed E-state index contributed by atoms with van der Waals surface area (Å²) in [5, 5.41) is 3.52. The Labute approximate surface area is 77.2 Å². The van der Waals surface area contributed by atoms with E-state index in [2.05, 4.69) is 39.6 Å². The van der Waals surface area contributed by atoms with Gasteiger partial charge in [-0.1, -0.05) is 26.8 Å². The molecule has 12 heavy (non-hydrogen) atoms. The standard InChI is InChI=1S/C11H23N/c1-6-7-8-10(4)11(5)12-9(2)3/h6,9-12H,1,7-8H2,2-5H3. The Morgan fingerprint density at radius 2 is 1.83 bits per heavy atom. The summed E-state index contributed by atoms with van der Waals surface area (Å²) < 4.78 is 0. The minimum Gasteiger partial charge on any atom is -0.312 e. The zero-order valence-corrected chi connectivity index (χ0v) is 8.93.